The Morgan fingerprint density at radius 1 is 1.15 bits per heavy atom. The Hall–Kier alpha value is -3.00. The number of fused-ring (bicyclic) bond motifs is 1. The van der Waals surface area contributed by atoms with Gasteiger partial charge in [0.05, 0.1) is 16.2 Å². The fourth-order valence-electron chi connectivity index (χ4n) is 2.67. The normalized spacial score (nSPS) is 12.4. The molecule has 26 heavy (non-hydrogen) atoms. The molecule has 3 heterocycles. The van der Waals surface area contributed by atoms with Crippen molar-refractivity contribution in [3.05, 3.63) is 65.0 Å². The van der Waals surface area contributed by atoms with Gasteiger partial charge in [-0.3, -0.25) is 9.78 Å². The summed E-state index contributed by atoms with van der Waals surface area (Å²) in [6.07, 6.45) is 3.48. The summed E-state index contributed by atoms with van der Waals surface area (Å²) in [6.45, 7) is 1.98. The maximum Gasteiger partial charge on any atom is 0.258 e. The number of benzene rings is 1. The van der Waals surface area contributed by atoms with Gasteiger partial charge in [0, 0.05) is 25.0 Å². The number of aromatic amines is 1. The standard InChI is InChI=1S/C18H16N6OS/c1-11(15-20-14-8-4-3-7-13(14)17(25)21-15)26-18-23-22-16(24(18)2)12-6-5-9-19-10-12/h3-11H,1-2H3,(H,20,21,25)/t11-/m0/s1. The number of nitrogens with zero attached hydrogens (tertiary/aromatic N) is 5. The van der Waals surface area contributed by atoms with E-state index in [2.05, 4.69) is 25.1 Å². The van der Waals surface area contributed by atoms with E-state index in [0.29, 0.717) is 16.7 Å². The summed E-state index contributed by atoms with van der Waals surface area (Å²) in [7, 11) is 1.91. The summed E-state index contributed by atoms with van der Waals surface area (Å²) in [4.78, 5) is 23.8. The molecule has 0 amide bonds. The molecule has 7 nitrogen and oxygen atoms in total. The second kappa shape index (κ2) is 6.72. The van der Waals surface area contributed by atoms with Crippen molar-refractivity contribution in [2.75, 3.05) is 0 Å². The summed E-state index contributed by atoms with van der Waals surface area (Å²) < 4.78 is 1.91. The Kier molecular flexibility index (Phi) is 4.26. The van der Waals surface area contributed by atoms with Crippen molar-refractivity contribution < 1.29 is 0 Å². The molecule has 1 atom stereocenters. The van der Waals surface area contributed by atoms with Gasteiger partial charge < -0.3 is 9.55 Å². The smallest absolute Gasteiger partial charge is 0.258 e. The Balaban J connectivity index is 1.64. The fraction of sp³-hybridized carbons (Fsp3) is 0.167. The van der Waals surface area contributed by atoms with Gasteiger partial charge in [0.15, 0.2) is 11.0 Å². The molecule has 3 aromatic heterocycles. The topological polar surface area (TPSA) is 89.3 Å². The summed E-state index contributed by atoms with van der Waals surface area (Å²) >= 11 is 1.49. The van der Waals surface area contributed by atoms with Crippen LogP contribution in [0.3, 0.4) is 0 Å². The first-order valence-electron chi connectivity index (χ1n) is 8.09. The highest BCUT2D eigenvalue weighted by Gasteiger charge is 2.17. The number of nitrogens with one attached hydrogen (secondary N) is 1. The highest BCUT2D eigenvalue weighted by atomic mass is 32.2. The van der Waals surface area contributed by atoms with Crippen molar-refractivity contribution in [1.82, 2.24) is 29.7 Å². The molecule has 0 aliphatic rings. The predicted molar refractivity (Wildman–Crippen MR) is 101 cm³/mol. The van der Waals surface area contributed by atoms with Crippen LogP contribution in [0.25, 0.3) is 22.3 Å². The van der Waals surface area contributed by atoms with Crippen LogP contribution in [0.4, 0.5) is 0 Å². The van der Waals surface area contributed by atoms with Crippen LogP contribution in [-0.2, 0) is 7.05 Å². The molecule has 0 radical (unpaired) electrons. The first-order chi connectivity index (χ1) is 12.6. The quantitative estimate of drug-likeness (QED) is 0.560. The molecule has 0 aliphatic heterocycles. The zero-order valence-electron chi connectivity index (χ0n) is 14.2. The van der Waals surface area contributed by atoms with Crippen LogP contribution in [0.5, 0.6) is 0 Å². The lowest BCUT2D eigenvalue weighted by molar-refractivity contribution is 0.786. The number of para-hydroxylation sites is 1. The second-order valence-electron chi connectivity index (χ2n) is 5.84. The molecule has 0 unspecified atom stereocenters. The Bertz CT molecular complexity index is 1120. The molecule has 1 aromatic carbocycles. The van der Waals surface area contributed by atoms with E-state index < -0.39 is 0 Å². The zero-order chi connectivity index (χ0) is 18.1. The van der Waals surface area contributed by atoms with E-state index in [1.807, 2.05) is 48.9 Å². The van der Waals surface area contributed by atoms with Gasteiger partial charge in [-0.25, -0.2) is 4.98 Å². The van der Waals surface area contributed by atoms with Gasteiger partial charge in [-0.1, -0.05) is 23.9 Å². The van der Waals surface area contributed by atoms with Gasteiger partial charge in [0.2, 0.25) is 0 Å². The van der Waals surface area contributed by atoms with Crippen molar-refractivity contribution in [2.45, 2.75) is 17.3 Å². The maximum absolute atomic E-state index is 12.3. The molecule has 0 fully saturated rings. The Labute approximate surface area is 153 Å². The summed E-state index contributed by atoms with van der Waals surface area (Å²) in [5, 5.41) is 9.78. The lowest BCUT2D eigenvalue weighted by atomic mass is 10.2. The SMILES string of the molecule is C[C@H](Sc1nnc(-c2cccnc2)n1C)c1nc2ccccc2c(=O)[nH]1. The number of hydrogen-bond acceptors (Lipinski definition) is 6. The van der Waals surface area contributed by atoms with Crippen LogP contribution in [0.1, 0.15) is 18.0 Å². The lowest BCUT2D eigenvalue weighted by Crippen LogP contribution is -2.13. The van der Waals surface area contributed by atoms with Gasteiger partial charge in [-0.2, -0.15) is 0 Å². The van der Waals surface area contributed by atoms with E-state index in [1.165, 1.54) is 11.8 Å². The van der Waals surface area contributed by atoms with Crippen molar-refractivity contribution in [1.29, 1.82) is 0 Å². The second-order valence-corrected chi connectivity index (χ2v) is 7.14. The van der Waals surface area contributed by atoms with Crippen molar-refractivity contribution in [2.24, 2.45) is 7.05 Å². The van der Waals surface area contributed by atoms with Crippen LogP contribution >= 0.6 is 11.8 Å². The first-order valence-corrected chi connectivity index (χ1v) is 8.97. The van der Waals surface area contributed by atoms with Gasteiger partial charge in [-0.15, -0.1) is 10.2 Å². The van der Waals surface area contributed by atoms with E-state index in [9.17, 15) is 4.79 Å². The lowest BCUT2D eigenvalue weighted by Gasteiger charge is -2.11. The Morgan fingerprint density at radius 2 is 2.00 bits per heavy atom. The fourth-order valence-corrected chi connectivity index (χ4v) is 3.55. The van der Waals surface area contributed by atoms with Crippen molar-refractivity contribution >= 4 is 22.7 Å². The van der Waals surface area contributed by atoms with Crippen molar-refractivity contribution in [3.63, 3.8) is 0 Å². The number of pyridine rings is 1. The molecule has 4 aromatic rings. The molecular formula is C18H16N6OS. The van der Waals surface area contributed by atoms with Gasteiger partial charge >= 0.3 is 0 Å². The van der Waals surface area contributed by atoms with E-state index in [1.54, 1.807) is 18.5 Å². The summed E-state index contributed by atoms with van der Waals surface area (Å²) in [5.74, 6) is 1.36. The van der Waals surface area contributed by atoms with E-state index in [4.69, 9.17) is 0 Å². The average molecular weight is 364 g/mol. The third kappa shape index (κ3) is 2.99. The minimum Gasteiger partial charge on any atom is -0.309 e. The first kappa shape index (κ1) is 16.5. The molecular weight excluding hydrogens is 348 g/mol. The van der Waals surface area contributed by atoms with Gasteiger partial charge in [0.25, 0.3) is 5.56 Å². The zero-order valence-corrected chi connectivity index (χ0v) is 15.1. The van der Waals surface area contributed by atoms with Gasteiger partial charge in [0.1, 0.15) is 5.82 Å². The van der Waals surface area contributed by atoms with Crippen LogP contribution in [0.2, 0.25) is 0 Å². The van der Waals surface area contributed by atoms with Crippen LogP contribution < -0.4 is 5.56 Å². The van der Waals surface area contributed by atoms with Gasteiger partial charge in [-0.05, 0) is 31.2 Å². The number of thioether (sulfide) groups is 1. The molecule has 0 spiro atoms. The molecule has 0 bridgehead atoms. The maximum atomic E-state index is 12.3. The number of hydrogen-bond donors (Lipinski definition) is 1. The molecule has 1 N–H and O–H groups in total. The van der Waals surface area contributed by atoms with E-state index in [-0.39, 0.29) is 10.8 Å². The number of rotatable bonds is 4. The van der Waals surface area contributed by atoms with E-state index in [0.717, 1.165) is 16.5 Å². The summed E-state index contributed by atoms with van der Waals surface area (Å²) in [6, 6.07) is 11.1. The van der Waals surface area contributed by atoms with Crippen LogP contribution in [0.15, 0.2) is 58.7 Å². The average Bonchev–Trinajstić information content (AvgIpc) is 3.03. The largest absolute Gasteiger partial charge is 0.309 e. The van der Waals surface area contributed by atoms with Crippen LogP contribution in [0, 0.1) is 0 Å². The Morgan fingerprint density at radius 3 is 2.81 bits per heavy atom. The number of aromatic nitrogens is 6. The molecule has 0 saturated carbocycles. The molecule has 8 heteroatoms. The summed E-state index contributed by atoms with van der Waals surface area (Å²) in [5.41, 5.74) is 1.46. The molecule has 130 valence electrons. The predicted octanol–water partition coefficient (Wildman–Crippen LogP) is 2.97. The third-order valence-electron chi connectivity index (χ3n) is 4.05. The molecule has 4 rings (SSSR count). The highest BCUT2D eigenvalue weighted by molar-refractivity contribution is 7.99. The molecule has 0 aliphatic carbocycles. The third-order valence-corrected chi connectivity index (χ3v) is 5.20. The minimum absolute atomic E-state index is 0.0862. The monoisotopic (exact) mass is 364 g/mol. The molecule has 0 saturated heterocycles. The number of H-pyrrole nitrogens is 1. The van der Waals surface area contributed by atoms with E-state index >= 15 is 0 Å². The highest BCUT2D eigenvalue weighted by Crippen LogP contribution is 2.33. The van der Waals surface area contributed by atoms with Crippen molar-refractivity contribution in [3.8, 4) is 11.4 Å². The minimum atomic E-state index is -0.132. The van der Waals surface area contributed by atoms with Crippen LogP contribution in [-0.4, -0.2) is 29.7 Å².